The molecule has 76 valence electrons. The summed E-state index contributed by atoms with van der Waals surface area (Å²) in [7, 11) is 0. The Bertz CT molecular complexity index is 550. The maximum atomic E-state index is 11.0. The quantitative estimate of drug-likeness (QED) is 0.691. The Labute approximate surface area is 86.4 Å². The van der Waals surface area contributed by atoms with E-state index >= 15 is 0 Å². The molecule has 0 fully saturated rings. The number of carboxylic acid groups (broad SMARTS) is 1. The molecule has 3 N–H and O–H groups in total. The van der Waals surface area contributed by atoms with Crippen LogP contribution in [0.5, 0.6) is 0 Å². The number of hydrogen-bond acceptors (Lipinski definition) is 3. The minimum atomic E-state index is -1.03. The van der Waals surface area contributed by atoms with Crippen LogP contribution in [-0.2, 0) is 0 Å². The van der Waals surface area contributed by atoms with E-state index in [4.69, 9.17) is 10.8 Å². The highest BCUT2D eigenvalue weighted by molar-refractivity contribution is 6.06. The second-order valence-corrected chi connectivity index (χ2v) is 3.36. The Hall–Kier alpha value is -2.10. The first-order chi connectivity index (χ1) is 7.11. The number of pyridine rings is 1. The van der Waals surface area contributed by atoms with Crippen molar-refractivity contribution in [1.29, 1.82) is 0 Å². The predicted octanol–water partition coefficient (Wildman–Crippen LogP) is 1.82. The average Bonchev–Trinajstić information content (AvgIpc) is 2.23. The monoisotopic (exact) mass is 202 g/mol. The normalized spacial score (nSPS) is 10.5. The lowest BCUT2D eigenvalue weighted by Gasteiger charge is -2.07. The zero-order valence-electron chi connectivity index (χ0n) is 8.19. The van der Waals surface area contributed by atoms with Gasteiger partial charge in [-0.15, -0.1) is 0 Å². The number of nitrogens with two attached hydrogens (primary N) is 1. The maximum absolute atomic E-state index is 11.0. The van der Waals surface area contributed by atoms with E-state index in [0.29, 0.717) is 11.1 Å². The Balaban J connectivity index is 2.96. The standard InChI is InChI=1S/C11H10N2O2/c1-6-2-3-8(12)7-4-5-13-10(9(6)7)11(14)15/h2-5H,12H2,1H3,(H,14,15). The maximum Gasteiger partial charge on any atom is 0.355 e. The van der Waals surface area contributed by atoms with Crippen molar-refractivity contribution in [2.45, 2.75) is 6.92 Å². The number of carbonyl (C=O) groups is 1. The van der Waals surface area contributed by atoms with Gasteiger partial charge in [0.05, 0.1) is 0 Å². The van der Waals surface area contributed by atoms with Crippen LogP contribution < -0.4 is 5.73 Å². The molecule has 2 aromatic rings. The van der Waals surface area contributed by atoms with Crippen LogP contribution >= 0.6 is 0 Å². The third kappa shape index (κ3) is 1.40. The molecule has 4 heteroatoms. The van der Waals surface area contributed by atoms with Crippen LogP contribution in [-0.4, -0.2) is 16.1 Å². The number of aryl methyl sites for hydroxylation is 1. The molecule has 0 bridgehead atoms. The highest BCUT2D eigenvalue weighted by atomic mass is 16.4. The van der Waals surface area contributed by atoms with Crippen molar-refractivity contribution < 1.29 is 9.90 Å². The van der Waals surface area contributed by atoms with Crippen LogP contribution in [0.25, 0.3) is 10.8 Å². The van der Waals surface area contributed by atoms with Crippen molar-refractivity contribution in [3.8, 4) is 0 Å². The Kier molecular flexibility index (Phi) is 2.04. The van der Waals surface area contributed by atoms with Crippen LogP contribution in [0.15, 0.2) is 24.4 Å². The number of anilines is 1. The fraction of sp³-hybridized carbons (Fsp3) is 0.0909. The lowest BCUT2D eigenvalue weighted by atomic mass is 10.0. The third-order valence-corrected chi connectivity index (χ3v) is 2.37. The van der Waals surface area contributed by atoms with Crippen molar-refractivity contribution in [2.75, 3.05) is 5.73 Å². The largest absolute Gasteiger partial charge is 0.476 e. The average molecular weight is 202 g/mol. The van der Waals surface area contributed by atoms with Crippen molar-refractivity contribution in [1.82, 2.24) is 4.98 Å². The first-order valence-electron chi connectivity index (χ1n) is 4.48. The summed E-state index contributed by atoms with van der Waals surface area (Å²) in [6.45, 7) is 1.84. The molecule has 0 aliphatic heterocycles. The van der Waals surface area contributed by atoms with Gasteiger partial charge in [-0.05, 0) is 24.6 Å². The van der Waals surface area contributed by atoms with E-state index in [1.807, 2.05) is 6.92 Å². The van der Waals surface area contributed by atoms with E-state index < -0.39 is 5.97 Å². The van der Waals surface area contributed by atoms with Gasteiger partial charge in [-0.2, -0.15) is 0 Å². The summed E-state index contributed by atoms with van der Waals surface area (Å²) < 4.78 is 0. The highest BCUT2D eigenvalue weighted by Crippen LogP contribution is 2.25. The summed E-state index contributed by atoms with van der Waals surface area (Å²) in [5.74, 6) is -1.03. The van der Waals surface area contributed by atoms with Gasteiger partial charge >= 0.3 is 5.97 Å². The number of benzene rings is 1. The molecular formula is C11H10N2O2. The molecule has 1 heterocycles. The number of nitrogen functional groups attached to an aromatic ring is 1. The second-order valence-electron chi connectivity index (χ2n) is 3.36. The Morgan fingerprint density at radius 1 is 1.40 bits per heavy atom. The molecule has 4 nitrogen and oxygen atoms in total. The van der Waals surface area contributed by atoms with E-state index in [1.54, 1.807) is 18.2 Å². The van der Waals surface area contributed by atoms with Gasteiger partial charge in [0, 0.05) is 22.7 Å². The van der Waals surface area contributed by atoms with Gasteiger partial charge < -0.3 is 10.8 Å². The van der Waals surface area contributed by atoms with Crippen LogP contribution in [0.2, 0.25) is 0 Å². The molecule has 0 spiro atoms. The number of nitrogens with zero attached hydrogens (tertiary/aromatic N) is 1. The van der Waals surface area contributed by atoms with Gasteiger partial charge in [0.15, 0.2) is 5.69 Å². The molecule has 0 saturated carbocycles. The van der Waals surface area contributed by atoms with Crippen LogP contribution in [0.4, 0.5) is 5.69 Å². The van der Waals surface area contributed by atoms with E-state index in [-0.39, 0.29) is 5.69 Å². The molecule has 0 unspecified atom stereocenters. The molecule has 15 heavy (non-hydrogen) atoms. The second kappa shape index (κ2) is 3.24. The minimum Gasteiger partial charge on any atom is -0.476 e. The number of rotatable bonds is 1. The number of aromatic carboxylic acids is 1. The molecule has 0 atom stereocenters. The molecule has 1 aromatic heterocycles. The van der Waals surface area contributed by atoms with Crippen molar-refractivity contribution in [3.05, 3.63) is 35.7 Å². The van der Waals surface area contributed by atoms with E-state index in [9.17, 15) is 4.79 Å². The van der Waals surface area contributed by atoms with Gasteiger partial charge in [0.2, 0.25) is 0 Å². The van der Waals surface area contributed by atoms with Crippen molar-refractivity contribution in [2.24, 2.45) is 0 Å². The summed E-state index contributed by atoms with van der Waals surface area (Å²) in [4.78, 5) is 14.8. The smallest absolute Gasteiger partial charge is 0.355 e. The molecule has 0 saturated heterocycles. The first kappa shape index (κ1) is 9.45. The van der Waals surface area contributed by atoms with Gasteiger partial charge in [-0.1, -0.05) is 6.07 Å². The van der Waals surface area contributed by atoms with Gasteiger partial charge in [-0.25, -0.2) is 9.78 Å². The van der Waals surface area contributed by atoms with Crippen molar-refractivity contribution in [3.63, 3.8) is 0 Å². The van der Waals surface area contributed by atoms with E-state index in [1.165, 1.54) is 6.20 Å². The van der Waals surface area contributed by atoms with Gasteiger partial charge in [0.1, 0.15) is 0 Å². The zero-order chi connectivity index (χ0) is 11.0. The zero-order valence-corrected chi connectivity index (χ0v) is 8.19. The fourth-order valence-corrected chi connectivity index (χ4v) is 1.65. The minimum absolute atomic E-state index is 0.0531. The summed E-state index contributed by atoms with van der Waals surface area (Å²) in [5.41, 5.74) is 7.26. The number of carboxylic acids is 1. The van der Waals surface area contributed by atoms with Crippen molar-refractivity contribution >= 4 is 22.4 Å². The Morgan fingerprint density at radius 2 is 2.13 bits per heavy atom. The molecule has 1 aromatic carbocycles. The number of hydrogen-bond donors (Lipinski definition) is 2. The van der Waals surface area contributed by atoms with Crippen LogP contribution in [0, 0.1) is 6.92 Å². The predicted molar refractivity (Wildman–Crippen MR) is 57.9 cm³/mol. The molecule has 0 radical (unpaired) electrons. The van der Waals surface area contributed by atoms with Crippen LogP contribution in [0.3, 0.4) is 0 Å². The summed E-state index contributed by atoms with van der Waals surface area (Å²) in [6.07, 6.45) is 1.46. The fourth-order valence-electron chi connectivity index (χ4n) is 1.65. The van der Waals surface area contributed by atoms with Gasteiger partial charge in [-0.3, -0.25) is 0 Å². The highest BCUT2D eigenvalue weighted by Gasteiger charge is 2.12. The molecule has 2 rings (SSSR count). The topological polar surface area (TPSA) is 76.2 Å². The lowest BCUT2D eigenvalue weighted by Crippen LogP contribution is -2.03. The van der Waals surface area contributed by atoms with Gasteiger partial charge in [0.25, 0.3) is 0 Å². The summed E-state index contributed by atoms with van der Waals surface area (Å²) >= 11 is 0. The van der Waals surface area contributed by atoms with E-state index in [2.05, 4.69) is 4.98 Å². The summed E-state index contributed by atoms with van der Waals surface area (Å²) in [5, 5.41) is 10.3. The third-order valence-electron chi connectivity index (χ3n) is 2.37. The molecular weight excluding hydrogens is 192 g/mol. The lowest BCUT2D eigenvalue weighted by molar-refractivity contribution is 0.0693. The van der Waals surface area contributed by atoms with Crippen LogP contribution in [0.1, 0.15) is 16.1 Å². The number of aromatic nitrogens is 1. The summed E-state index contributed by atoms with van der Waals surface area (Å²) in [6, 6.07) is 5.29. The Morgan fingerprint density at radius 3 is 2.80 bits per heavy atom. The molecule has 0 amide bonds. The van der Waals surface area contributed by atoms with E-state index in [0.717, 1.165) is 10.9 Å². The molecule has 0 aliphatic rings. The molecule has 0 aliphatic carbocycles. The first-order valence-corrected chi connectivity index (χ1v) is 4.48. The number of fused-ring (bicyclic) bond motifs is 1. The SMILES string of the molecule is Cc1ccc(N)c2ccnc(C(=O)O)c12.